The Morgan fingerprint density at radius 1 is 1.04 bits per heavy atom. The van der Waals surface area contributed by atoms with Gasteiger partial charge in [0, 0.05) is 11.7 Å². The van der Waals surface area contributed by atoms with Crippen LogP contribution in [0.1, 0.15) is 51.4 Å². The third-order valence-corrected chi connectivity index (χ3v) is 3.40. The smallest absolute Gasteiger partial charge is 0.257 e. The summed E-state index contributed by atoms with van der Waals surface area (Å²) < 4.78 is 5.77. The Bertz CT molecular complexity index is 688. The molecule has 0 radical (unpaired) electrons. The molecule has 1 heterocycles. The monoisotopic (exact) mass is 326 g/mol. The number of aromatic nitrogens is 1. The quantitative estimate of drug-likeness (QED) is 0.857. The van der Waals surface area contributed by atoms with E-state index in [2.05, 4.69) is 31.1 Å². The van der Waals surface area contributed by atoms with Crippen LogP contribution in [0.25, 0.3) is 0 Å². The Kier molecular flexibility index (Phi) is 5.27. The summed E-state index contributed by atoms with van der Waals surface area (Å²) in [6.07, 6.45) is 2.48. The highest BCUT2D eigenvalue weighted by molar-refractivity contribution is 5.96. The molecule has 4 nitrogen and oxygen atoms in total. The van der Waals surface area contributed by atoms with Crippen LogP contribution in [0.4, 0.5) is 0 Å². The van der Waals surface area contributed by atoms with Crippen molar-refractivity contribution in [2.75, 3.05) is 0 Å². The van der Waals surface area contributed by atoms with E-state index in [1.807, 2.05) is 44.2 Å². The van der Waals surface area contributed by atoms with Gasteiger partial charge in [0.05, 0.1) is 0 Å². The minimum atomic E-state index is -0.324. The maximum Gasteiger partial charge on any atom is 0.257 e. The number of nitrogens with one attached hydrogen (secondary N) is 1. The highest BCUT2D eigenvalue weighted by Crippen LogP contribution is 2.28. The van der Waals surface area contributed by atoms with Crippen LogP contribution in [0.2, 0.25) is 0 Å². The number of hydrogen-bond donors (Lipinski definition) is 1. The molecule has 0 unspecified atom stereocenters. The summed E-state index contributed by atoms with van der Waals surface area (Å²) in [6.45, 7) is 10.5. The van der Waals surface area contributed by atoms with E-state index in [4.69, 9.17) is 4.74 Å². The summed E-state index contributed by atoms with van der Waals surface area (Å²) in [4.78, 5) is 16.9. The third kappa shape index (κ3) is 5.37. The number of carbonyl (C=O) groups is 1. The van der Waals surface area contributed by atoms with Crippen LogP contribution < -0.4 is 10.1 Å². The van der Waals surface area contributed by atoms with Gasteiger partial charge in [-0.1, -0.05) is 39.0 Å². The zero-order valence-corrected chi connectivity index (χ0v) is 15.1. The first-order valence-electron chi connectivity index (χ1n) is 8.17. The van der Waals surface area contributed by atoms with Crippen LogP contribution in [-0.4, -0.2) is 16.4 Å². The Labute approximate surface area is 144 Å². The van der Waals surface area contributed by atoms with Crippen molar-refractivity contribution in [3.05, 3.63) is 54.2 Å². The molecule has 2 aromatic rings. The predicted molar refractivity (Wildman–Crippen MR) is 96.4 cm³/mol. The molecule has 1 amide bonds. The first-order valence-corrected chi connectivity index (χ1v) is 8.17. The molecular weight excluding hydrogens is 300 g/mol. The molecular formula is C20H26N2O2. The summed E-state index contributed by atoms with van der Waals surface area (Å²) >= 11 is 0. The molecule has 1 aromatic carbocycles. The van der Waals surface area contributed by atoms with Crippen LogP contribution in [0.5, 0.6) is 11.6 Å². The van der Waals surface area contributed by atoms with Gasteiger partial charge in [-0.15, -0.1) is 0 Å². The number of hydrogen-bond acceptors (Lipinski definition) is 3. The summed E-state index contributed by atoms with van der Waals surface area (Å²) in [7, 11) is 0. The van der Waals surface area contributed by atoms with Crippen LogP contribution in [0.3, 0.4) is 0 Å². The lowest BCUT2D eigenvalue weighted by molar-refractivity contribution is 0.0888. The van der Waals surface area contributed by atoms with Crippen molar-refractivity contribution < 1.29 is 9.53 Å². The van der Waals surface area contributed by atoms with Crippen molar-refractivity contribution >= 4 is 5.91 Å². The van der Waals surface area contributed by atoms with E-state index >= 15 is 0 Å². The number of carbonyl (C=O) groups excluding carboxylic acids is 1. The zero-order valence-electron chi connectivity index (χ0n) is 15.1. The molecule has 1 N–H and O–H groups in total. The van der Waals surface area contributed by atoms with Gasteiger partial charge in [-0.25, -0.2) is 4.98 Å². The van der Waals surface area contributed by atoms with Crippen molar-refractivity contribution in [1.82, 2.24) is 10.3 Å². The molecule has 0 saturated carbocycles. The largest absolute Gasteiger partial charge is 0.438 e. The average molecular weight is 326 g/mol. The van der Waals surface area contributed by atoms with Gasteiger partial charge in [-0.2, -0.15) is 0 Å². The second-order valence-corrected chi connectivity index (χ2v) is 7.85. The standard InChI is InChI=1S/C20H26N2O2/c1-19(2,3)14-20(4,5)22-17(23)16-12-9-13-21-18(16)24-15-10-7-6-8-11-15/h6-13H,14H2,1-5H3,(H,22,23). The first kappa shape index (κ1) is 18.0. The predicted octanol–water partition coefficient (Wildman–Crippen LogP) is 4.82. The van der Waals surface area contributed by atoms with Gasteiger partial charge in [0.2, 0.25) is 5.88 Å². The van der Waals surface area contributed by atoms with Gasteiger partial charge < -0.3 is 10.1 Å². The third-order valence-electron chi connectivity index (χ3n) is 3.40. The molecule has 0 bridgehead atoms. The number of amides is 1. The lowest BCUT2D eigenvalue weighted by atomic mass is 9.81. The molecule has 24 heavy (non-hydrogen) atoms. The molecule has 2 rings (SSSR count). The van der Waals surface area contributed by atoms with Crippen LogP contribution >= 0.6 is 0 Å². The van der Waals surface area contributed by atoms with E-state index < -0.39 is 0 Å². The van der Waals surface area contributed by atoms with Gasteiger partial charge in [0.25, 0.3) is 5.91 Å². The fourth-order valence-electron chi connectivity index (χ4n) is 2.99. The highest BCUT2D eigenvalue weighted by atomic mass is 16.5. The van der Waals surface area contributed by atoms with Crippen molar-refractivity contribution in [2.24, 2.45) is 5.41 Å². The van der Waals surface area contributed by atoms with Crippen molar-refractivity contribution in [2.45, 2.75) is 46.6 Å². The molecule has 0 aliphatic carbocycles. The molecule has 4 heteroatoms. The maximum atomic E-state index is 12.7. The molecule has 0 atom stereocenters. The normalized spacial score (nSPS) is 11.9. The van der Waals surface area contributed by atoms with Crippen LogP contribution in [0, 0.1) is 5.41 Å². The van der Waals surface area contributed by atoms with E-state index in [0.29, 0.717) is 17.2 Å². The van der Waals surface area contributed by atoms with Gasteiger partial charge in [0.1, 0.15) is 11.3 Å². The summed E-state index contributed by atoms with van der Waals surface area (Å²) in [5.74, 6) is 0.787. The lowest BCUT2D eigenvalue weighted by Crippen LogP contribution is -2.45. The summed E-state index contributed by atoms with van der Waals surface area (Å²) in [6, 6.07) is 12.8. The number of nitrogens with zero attached hydrogens (tertiary/aromatic N) is 1. The second-order valence-electron chi connectivity index (χ2n) is 7.85. The van der Waals surface area contributed by atoms with E-state index in [1.54, 1.807) is 18.3 Å². The van der Waals surface area contributed by atoms with Crippen LogP contribution in [-0.2, 0) is 0 Å². The van der Waals surface area contributed by atoms with E-state index in [0.717, 1.165) is 6.42 Å². The molecule has 0 aliphatic rings. The second kappa shape index (κ2) is 7.04. The van der Waals surface area contributed by atoms with Crippen molar-refractivity contribution in [3.8, 4) is 11.6 Å². The van der Waals surface area contributed by atoms with E-state index in [-0.39, 0.29) is 16.9 Å². The van der Waals surface area contributed by atoms with E-state index in [1.165, 1.54) is 0 Å². The Balaban J connectivity index is 2.18. The van der Waals surface area contributed by atoms with Crippen molar-refractivity contribution in [3.63, 3.8) is 0 Å². The lowest BCUT2D eigenvalue weighted by Gasteiger charge is -2.33. The van der Waals surface area contributed by atoms with Gasteiger partial charge in [-0.3, -0.25) is 4.79 Å². The fraction of sp³-hybridized carbons (Fsp3) is 0.400. The number of pyridine rings is 1. The number of ether oxygens (including phenoxy) is 1. The first-order chi connectivity index (χ1) is 11.2. The SMILES string of the molecule is CC(C)(C)CC(C)(C)NC(=O)c1cccnc1Oc1ccccc1. The average Bonchev–Trinajstić information content (AvgIpc) is 2.45. The van der Waals surface area contributed by atoms with E-state index in [9.17, 15) is 4.79 Å². The number of para-hydroxylation sites is 1. The maximum absolute atomic E-state index is 12.7. The fourth-order valence-corrected chi connectivity index (χ4v) is 2.99. The van der Waals surface area contributed by atoms with Gasteiger partial charge in [-0.05, 0) is 49.9 Å². The molecule has 0 fully saturated rings. The number of benzene rings is 1. The topological polar surface area (TPSA) is 51.2 Å². The number of rotatable bonds is 5. The minimum absolute atomic E-state index is 0.120. The Hall–Kier alpha value is -2.36. The highest BCUT2D eigenvalue weighted by Gasteiger charge is 2.28. The van der Waals surface area contributed by atoms with Crippen molar-refractivity contribution in [1.29, 1.82) is 0 Å². The zero-order chi connectivity index (χ0) is 17.8. The minimum Gasteiger partial charge on any atom is -0.438 e. The molecule has 0 aliphatic heterocycles. The van der Waals surface area contributed by atoms with Gasteiger partial charge >= 0.3 is 0 Å². The Morgan fingerprint density at radius 2 is 1.71 bits per heavy atom. The Morgan fingerprint density at radius 3 is 2.33 bits per heavy atom. The molecule has 128 valence electrons. The summed E-state index contributed by atoms with van der Waals surface area (Å²) in [5, 5.41) is 3.10. The molecule has 0 spiro atoms. The van der Waals surface area contributed by atoms with Gasteiger partial charge in [0.15, 0.2) is 0 Å². The summed E-state index contributed by atoms with van der Waals surface area (Å²) in [5.41, 5.74) is 0.230. The molecule has 1 aromatic heterocycles. The van der Waals surface area contributed by atoms with Crippen LogP contribution in [0.15, 0.2) is 48.7 Å². The molecule has 0 saturated heterocycles.